The van der Waals surface area contributed by atoms with Crippen LogP contribution < -0.4 is 0 Å². The molecule has 0 aliphatic carbocycles. The molecule has 6 heterocycles. The van der Waals surface area contributed by atoms with Crippen LogP contribution in [0.3, 0.4) is 0 Å². The van der Waals surface area contributed by atoms with Crippen molar-refractivity contribution in [3.05, 3.63) is 179 Å². The summed E-state index contributed by atoms with van der Waals surface area (Å²) >= 11 is 0. The third-order valence-corrected chi connectivity index (χ3v) is 12.8. The average molecular weight is 1220 g/mol. The monoisotopic (exact) mass is 1220 g/mol. The standard InChI is InChI=1S/2C13H13NO3.2C10H15NO3.2C9H13NO3/c2*1-9(7-10-5-3-2-4-6-10)12-14-11(8-17-12)13(15)16;2*1-6(2)4-7(3)9-11-8(5-14-9)10(12)13;2*1-3-4-6(2)8-10-7(5-13-8)9(11)12/h2*2-6,8-9H,7H2,1H3,(H,15,16);2*5-7H,4H2,1-3H3,(H,12,13);2*5-6H,3-4H2,1-2H3,(H,11,12)/t2*9-;2*7-;2*6-/m101010/s1. The smallest absolute Gasteiger partial charge is 0.357 e. The van der Waals surface area contributed by atoms with E-state index in [0.29, 0.717) is 47.2 Å². The van der Waals surface area contributed by atoms with Gasteiger partial charge in [0, 0.05) is 35.5 Å². The Balaban J connectivity index is 0.000000277. The highest BCUT2D eigenvalue weighted by molar-refractivity contribution is 5.86. The molecule has 476 valence electrons. The minimum Gasteiger partial charge on any atom is -0.476 e. The summed E-state index contributed by atoms with van der Waals surface area (Å²) in [5.74, 6) is -1.39. The number of carboxylic acid groups (broad SMARTS) is 6. The van der Waals surface area contributed by atoms with Crippen molar-refractivity contribution >= 4 is 35.8 Å². The summed E-state index contributed by atoms with van der Waals surface area (Å²) in [7, 11) is 0. The number of oxazole rings is 6. The molecule has 24 heteroatoms. The molecule has 8 rings (SSSR count). The summed E-state index contributed by atoms with van der Waals surface area (Å²) in [6, 6.07) is 19.9. The molecule has 0 radical (unpaired) electrons. The largest absolute Gasteiger partial charge is 0.476 e. The zero-order valence-electron chi connectivity index (χ0n) is 51.8. The van der Waals surface area contributed by atoms with Crippen LogP contribution in [0.2, 0.25) is 0 Å². The summed E-state index contributed by atoms with van der Waals surface area (Å²) in [4.78, 5) is 86.8. The first-order valence-electron chi connectivity index (χ1n) is 28.8. The van der Waals surface area contributed by atoms with Gasteiger partial charge < -0.3 is 57.1 Å². The highest BCUT2D eigenvalue weighted by Crippen LogP contribution is 2.26. The normalized spacial score (nSPS) is 12.7. The topological polar surface area (TPSA) is 380 Å². The second kappa shape index (κ2) is 37.2. The molecule has 6 N–H and O–H groups in total. The average Bonchev–Trinajstić information content (AvgIpc) is 4.45. The lowest BCUT2D eigenvalue weighted by molar-refractivity contribution is 0.0679. The fourth-order valence-corrected chi connectivity index (χ4v) is 8.51. The first kappa shape index (κ1) is 72.8. The van der Waals surface area contributed by atoms with Crippen LogP contribution in [0.15, 0.2) is 125 Å². The third kappa shape index (κ3) is 25.6. The van der Waals surface area contributed by atoms with Gasteiger partial charge in [-0.2, -0.15) is 0 Å². The summed E-state index contributed by atoms with van der Waals surface area (Å²) in [5, 5.41) is 51.9. The van der Waals surface area contributed by atoms with Crippen molar-refractivity contribution < 1.29 is 85.9 Å². The van der Waals surface area contributed by atoms with Crippen LogP contribution in [0.5, 0.6) is 0 Å². The van der Waals surface area contributed by atoms with Gasteiger partial charge in [-0.25, -0.2) is 58.7 Å². The first-order valence-corrected chi connectivity index (χ1v) is 28.8. The number of benzene rings is 2. The van der Waals surface area contributed by atoms with Crippen molar-refractivity contribution in [3.63, 3.8) is 0 Å². The minimum atomic E-state index is -1.06. The van der Waals surface area contributed by atoms with Gasteiger partial charge in [0.1, 0.15) is 37.6 Å². The fraction of sp³-hybridized carbons (Fsp3) is 0.438. The molecule has 0 bridgehead atoms. The Kier molecular flexibility index (Phi) is 30.7. The van der Waals surface area contributed by atoms with Crippen molar-refractivity contribution in [1.29, 1.82) is 0 Å². The molecule has 0 saturated heterocycles. The molecule has 88 heavy (non-hydrogen) atoms. The van der Waals surface area contributed by atoms with Crippen LogP contribution in [0.4, 0.5) is 0 Å². The molecule has 0 amide bonds. The maximum atomic E-state index is 10.7. The van der Waals surface area contributed by atoms with Crippen LogP contribution in [-0.2, 0) is 12.8 Å². The highest BCUT2D eigenvalue weighted by Gasteiger charge is 2.21. The maximum Gasteiger partial charge on any atom is 0.357 e. The number of nitrogens with zero attached hydrogens (tertiary/aromatic N) is 6. The number of hydrogen-bond donors (Lipinski definition) is 6. The van der Waals surface area contributed by atoms with E-state index in [0.717, 1.165) is 51.4 Å². The predicted molar refractivity (Wildman–Crippen MR) is 320 cm³/mol. The van der Waals surface area contributed by atoms with Crippen molar-refractivity contribution in [3.8, 4) is 0 Å². The molecule has 8 aromatic rings. The second-order valence-electron chi connectivity index (χ2n) is 21.9. The fourth-order valence-electron chi connectivity index (χ4n) is 8.51. The van der Waals surface area contributed by atoms with E-state index in [-0.39, 0.29) is 69.7 Å². The molecule has 2 aromatic carbocycles. The molecule has 0 saturated carbocycles. The zero-order valence-corrected chi connectivity index (χ0v) is 51.8. The van der Waals surface area contributed by atoms with E-state index in [1.807, 2.05) is 102 Å². The SMILES string of the molecule is CC(C)C[C@@H](C)c1nc(C(=O)O)co1.CC(C)C[C@H](C)c1nc(C(=O)O)co1.CCC[C@@H](C)c1nc(C(=O)O)co1.CCC[C@H](C)c1nc(C(=O)O)co1.C[C@@H](Cc1ccccc1)c1nc(C(=O)O)co1.C[C@H](Cc1ccccc1)c1nc(C(=O)O)co1. The van der Waals surface area contributed by atoms with E-state index in [9.17, 15) is 28.8 Å². The third-order valence-electron chi connectivity index (χ3n) is 12.8. The van der Waals surface area contributed by atoms with Gasteiger partial charge in [-0.05, 0) is 61.5 Å². The van der Waals surface area contributed by atoms with E-state index in [2.05, 4.69) is 71.4 Å². The van der Waals surface area contributed by atoms with E-state index in [1.165, 1.54) is 48.7 Å². The first-order chi connectivity index (χ1) is 41.6. The molecule has 0 fully saturated rings. The van der Waals surface area contributed by atoms with Gasteiger partial charge in [0.15, 0.2) is 69.5 Å². The van der Waals surface area contributed by atoms with Gasteiger partial charge in [0.05, 0.1) is 0 Å². The lowest BCUT2D eigenvalue weighted by Crippen LogP contribution is -2.01. The molecule has 6 atom stereocenters. The van der Waals surface area contributed by atoms with Crippen molar-refractivity contribution in [2.75, 3.05) is 0 Å². The van der Waals surface area contributed by atoms with Crippen LogP contribution in [0, 0.1) is 11.8 Å². The second-order valence-corrected chi connectivity index (χ2v) is 21.9. The Labute approximate surface area is 510 Å². The summed E-state index contributed by atoms with van der Waals surface area (Å²) in [6.07, 6.45) is 14.5. The van der Waals surface area contributed by atoms with Gasteiger partial charge in [-0.1, -0.05) is 157 Å². The minimum absolute atomic E-state index is 0.0158. The molecule has 24 nitrogen and oxygen atoms in total. The van der Waals surface area contributed by atoms with Gasteiger partial charge in [-0.15, -0.1) is 0 Å². The number of aromatic nitrogens is 6. The van der Waals surface area contributed by atoms with E-state index in [4.69, 9.17) is 57.1 Å². The lowest BCUT2D eigenvalue weighted by atomic mass is 9.99. The zero-order chi connectivity index (χ0) is 65.6. The predicted octanol–water partition coefficient (Wildman–Crippen LogP) is 15.0. The van der Waals surface area contributed by atoms with Crippen LogP contribution in [0.1, 0.15) is 267 Å². The van der Waals surface area contributed by atoms with Gasteiger partial charge in [0.25, 0.3) is 0 Å². The number of aromatic carboxylic acids is 6. The van der Waals surface area contributed by atoms with Crippen molar-refractivity contribution in [2.24, 2.45) is 11.8 Å². The molecule has 0 spiro atoms. The van der Waals surface area contributed by atoms with Gasteiger partial charge in [-0.3, -0.25) is 0 Å². The van der Waals surface area contributed by atoms with Crippen molar-refractivity contribution in [2.45, 2.75) is 170 Å². The summed E-state index contributed by atoms with van der Waals surface area (Å²) < 4.78 is 30.6. The van der Waals surface area contributed by atoms with Crippen molar-refractivity contribution in [1.82, 2.24) is 29.9 Å². The molecule has 0 aliphatic heterocycles. The lowest BCUT2D eigenvalue weighted by Gasteiger charge is -2.09. The Bertz CT molecular complexity index is 3130. The summed E-state index contributed by atoms with van der Waals surface area (Å²) in [5.41, 5.74) is 2.20. The molecular weight excluding hydrogens is 1140 g/mol. The van der Waals surface area contributed by atoms with Crippen LogP contribution >= 0.6 is 0 Å². The highest BCUT2D eigenvalue weighted by atomic mass is 16.4. The molecule has 6 aromatic heterocycles. The Morgan fingerprint density at radius 2 is 0.534 bits per heavy atom. The number of hydrogen-bond acceptors (Lipinski definition) is 18. The van der Waals surface area contributed by atoms with E-state index in [1.54, 1.807) is 0 Å². The molecule has 0 unspecified atom stereocenters. The number of rotatable bonds is 24. The Morgan fingerprint density at radius 1 is 0.330 bits per heavy atom. The van der Waals surface area contributed by atoms with E-state index < -0.39 is 35.8 Å². The maximum absolute atomic E-state index is 10.7. The van der Waals surface area contributed by atoms with Gasteiger partial charge in [0.2, 0.25) is 0 Å². The number of carboxylic acids is 6. The van der Waals surface area contributed by atoms with E-state index >= 15 is 0 Å². The molecule has 0 aliphatic rings. The van der Waals surface area contributed by atoms with Crippen LogP contribution in [-0.4, -0.2) is 96.4 Å². The Morgan fingerprint density at radius 3 is 0.716 bits per heavy atom. The number of carbonyl (C=O) groups is 6. The van der Waals surface area contributed by atoms with Gasteiger partial charge >= 0.3 is 35.8 Å². The quantitative estimate of drug-likeness (QED) is 0.0327. The molecular formula is C64H82N6O18. The Hall–Kier alpha value is -9.48. The van der Waals surface area contributed by atoms with Crippen LogP contribution in [0.25, 0.3) is 0 Å². The summed E-state index contributed by atoms with van der Waals surface area (Å²) in [6.45, 7) is 24.4.